The third-order valence-corrected chi connectivity index (χ3v) is 7.36. The Morgan fingerprint density at radius 2 is 1.93 bits per heavy atom. The Bertz CT molecular complexity index is 760. The molecule has 0 unspecified atom stereocenters. The molecule has 2 amide bonds. The smallest absolute Gasteiger partial charge is 0.315 e. The van der Waals surface area contributed by atoms with Crippen molar-refractivity contribution in [2.24, 2.45) is 0 Å². The lowest BCUT2D eigenvalue weighted by atomic mass is 10.0. The monoisotopic (exact) mass is 395 g/mol. The molecular weight excluding hydrogens is 366 g/mol. The van der Waals surface area contributed by atoms with Gasteiger partial charge in [-0.2, -0.15) is 0 Å². The molecule has 2 fully saturated rings. The van der Waals surface area contributed by atoms with Gasteiger partial charge in [0, 0.05) is 6.54 Å². The number of amides is 2. The molecule has 0 aromatic heterocycles. The van der Waals surface area contributed by atoms with Gasteiger partial charge in [0.25, 0.3) is 0 Å². The molecule has 2 atom stereocenters. The van der Waals surface area contributed by atoms with E-state index in [1.807, 2.05) is 24.3 Å². The van der Waals surface area contributed by atoms with Crippen LogP contribution in [0.1, 0.15) is 37.8 Å². The van der Waals surface area contributed by atoms with Gasteiger partial charge >= 0.3 is 6.03 Å². The molecule has 1 aromatic rings. The first-order chi connectivity index (χ1) is 12.8. The van der Waals surface area contributed by atoms with Crippen molar-refractivity contribution >= 4 is 15.9 Å². The number of nitrogens with zero attached hydrogens (tertiary/aromatic N) is 1. The van der Waals surface area contributed by atoms with E-state index in [4.69, 9.17) is 4.74 Å². The summed E-state index contributed by atoms with van der Waals surface area (Å²) in [5, 5.41) is 5.81. The minimum atomic E-state index is -3.06. The molecule has 2 saturated heterocycles. The van der Waals surface area contributed by atoms with Crippen molar-refractivity contribution in [3.05, 3.63) is 29.8 Å². The number of sulfone groups is 1. The second-order valence-corrected chi connectivity index (χ2v) is 9.95. The highest BCUT2D eigenvalue weighted by atomic mass is 32.2. The molecule has 0 bridgehead atoms. The van der Waals surface area contributed by atoms with Crippen LogP contribution in [0.25, 0.3) is 0 Å². The summed E-state index contributed by atoms with van der Waals surface area (Å²) in [6.07, 6.45) is 2.78. The van der Waals surface area contributed by atoms with Gasteiger partial charge in [-0.25, -0.2) is 13.2 Å². The fourth-order valence-corrected chi connectivity index (χ4v) is 6.05. The van der Waals surface area contributed by atoms with E-state index in [-0.39, 0.29) is 23.6 Å². The predicted octanol–water partition coefficient (Wildman–Crippen LogP) is 1.71. The zero-order chi connectivity index (χ0) is 19.5. The molecule has 8 heteroatoms. The van der Waals surface area contributed by atoms with E-state index >= 15 is 0 Å². The van der Waals surface area contributed by atoms with Crippen LogP contribution in [0.4, 0.5) is 4.79 Å². The average molecular weight is 396 g/mol. The molecule has 27 heavy (non-hydrogen) atoms. The highest BCUT2D eigenvalue weighted by Gasteiger charge is 2.39. The summed E-state index contributed by atoms with van der Waals surface area (Å²) in [6, 6.07) is 7.71. The first-order valence-corrected chi connectivity index (χ1v) is 11.3. The Labute approximate surface area is 161 Å². The molecular formula is C19H29N3O4S. The maximum atomic E-state index is 12.4. The third kappa shape index (κ3) is 5.13. The molecule has 150 valence electrons. The first kappa shape index (κ1) is 19.9. The highest BCUT2D eigenvalue weighted by molar-refractivity contribution is 7.91. The van der Waals surface area contributed by atoms with Crippen molar-refractivity contribution in [2.45, 2.75) is 37.8 Å². The van der Waals surface area contributed by atoms with E-state index < -0.39 is 15.4 Å². The lowest BCUT2D eigenvalue weighted by molar-refractivity contribution is 0.214. The van der Waals surface area contributed by atoms with Crippen LogP contribution in [0.5, 0.6) is 5.75 Å². The summed E-state index contributed by atoms with van der Waals surface area (Å²) in [7, 11) is -1.41. The van der Waals surface area contributed by atoms with E-state index in [9.17, 15) is 13.2 Å². The van der Waals surface area contributed by atoms with E-state index in [2.05, 4.69) is 15.5 Å². The van der Waals surface area contributed by atoms with Gasteiger partial charge in [0.2, 0.25) is 0 Å². The summed E-state index contributed by atoms with van der Waals surface area (Å²) in [6.45, 7) is 4.28. The van der Waals surface area contributed by atoms with Crippen LogP contribution in [0.2, 0.25) is 0 Å². The highest BCUT2D eigenvalue weighted by Crippen LogP contribution is 2.26. The molecule has 0 radical (unpaired) electrons. The van der Waals surface area contributed by atoms with Gasteiger partial charge in [0.05, 0.1) is 30.2 Å². The van der Waals surface area contributed by atoms with E-state index in [1.54, 1.807) is 14.0 Å². The van der Waals surface area contributed by atoms with Crippen molar-refractivity contribution in [1.82, 2.24) is 15.5 Å². The van der Waals surface area contributed by atoms with Gasteiger partial charge < -0.3 is 15.4 Å². The first-order valence-electron chi connectivity index (χ1n) is 9.45. The fourth-order valence-electron chi connectivity index (χ4n) is 3.95. The average Bonchev–Trinajstić information content (AvgIpc) is 3.23. The molecule has 2 aliphatic rings. The zero-order valence-corrected chi connectivity index (χ0v) is 16.8. The van der Waals surface area contributed by atoms with Crippen LogP contribution in [-0.4, -0.2) is 63.1 Å². The molecule has 2 N–H and O–H groups in total. The Balaban J connectivity index is 1.63. The van der Waals surface area contributed by atoms with Gasteiger partial charge in [-0.05, 0) is 57.0 Å². The number of likely N-dealkylation sites (tertiary alicyclic amines) is 1. The summed E-state index contributed by atoms with van der Waals surface area (Å²) in [4.78, 5) is 14.8. The number of methoxy groups -OCH3 is 1. The van der Waals surface area contributed by atoms with Gasteiger partial charge in [0.15, 0.2) is 9.84 Å². The summed E-state index contributed by atoms with van der Waals surface area (Å²) < 4.78 is 28.7. The Morgan fingerprint density at radius 1 is 1.26 bits per heavy atom. The number of nitrogens with one attached hydrogen (secondary N) is 2. The Morgan fingerprint density at radius 3 is 2.48 bits per heavy atom. The van der Waals surface area contributed by atoms with Crippen LogP contribution in [0.3, 0.4) is 0 Å². The van der Waals surface area contributed by atoms with Gasteiger partial charge in [-0.3, -0.25) is 4.90 Å². The van der Waals surface area contributed by atoms with Crippen LogP contribution in [-0.2, 0) is 9.84 Å². The summed E-state index contributed by atoms with van der Waals surface area (Å²) in [5.41, 5.74) is 0.444. The number of hydrogen-bond acceptors (Lipinski definition) is 5. The molecule has 0 spiro atoms. The third-order valence-electron chi connectivity index (χ3n) is 5.46. The SMILES string of the molecule is COc1ccc([C@H](CNC(=O)N[C@]2(C)CCS(=O)(=O)C2)N2CCCC2)cc1. The molecule has 0 saturated carbocycles. The van der Waals surface area contributed by atoms with Gasteiger partial charge in [0.1, 0.15) is 5.75 Å². The number of benzene rings is 1. The maximum absolute atomic E-state index is 12.4. The second-order valence-electron chi connectivity index (χ2n) is 7.77. The predicted molar refractivity (Wildman–Crippen MR) is 105 cm³/mol. The van der Waals surface area contributed by atoms with Crippen LogP contribution >= 0.6 is 0 Å². The lowest BCUT2D eigenvalue weighted by Crippen LogP contribution is -2.52. The second kappa shape index (κ2) is 8.06. The molecule has 0 aliphatic carbocycles. The maximum Gasteiger partial charge on any atom is 0.315 e. The van der Waals surface area contributed by atoms with E-state index in [1.165, 1.54) is 0 Å². The van der Waals surface area contributed by atoms with Crippen molar-refractivity contribution < 1.29 is 17.9 Å². The largest absolute Gasteiger partial charge is 0.497 e. The van der Waals surface area contributed by atoms with Crippen LogP contribution < -0.4 is 15.4 Å². The molecule has 7 nitrogen and oxygen atoms in total. The number of rotatable bonds is 6. The number of carbonyl (C=O) groups excluding carboxylic acids is 1. The minimum absolute atomic E-state index is 0.00144. The van der Waals surface area contributed by atoms with Crippen molar-refractivity contribution in [1.29, 1.82) is 0 Å². The van der Waals surface area contributed by atoms with E-state index in [0.717, 1.165) is 37.2 Å². The minimum Gasteiger partial charge on any atom is -0.497 e. The lowest BCUT2D eigenvalue weighted by Gasteiger charge is -2.29. The van der Waals surface area contributed by atoms with Crippen LogP contribution in [0, 0.1) is 0 Å². The number of urea groups is 1. The van der Waals surface area contributed by atoms with Crippen LogP contribution in [0.15, 0.2) is 24.3 Å². The number of hydrogen-bond donors (Lipinski definition) is 2. The molecule has 2 heterocycles. The number of ether oxygens (including phenoxy) is 1. The Kier molecular flexibility index (Phi) is 5.95. The standard InChI is InChI=1S/C19H29N3O4S/c1-19(9-12-27(24,25)14-19)21-18(23)20-13-17(22-10-3-4-11-22)15-5-7-16(26-2)8-6-15/h5-8,17H,3-4,9-14H2,1-2H3,(H2,20,21,23)/t17-,19+/m0/s1. The Hall–Kier alpha value is -1.80. The van der Waals surface area contributed by atoms with Crippen molar-refractivity contribution in [3.63, 3.8) is 0 Å². The number of carbonyl (C=O) groups is 1. The topological polar surface area (TPSA) is 87.7 Å². The molecule has 2 aliphatic heterocycles. The quantitative estimate of drug-likeness (QED) is 0.766. The molecule has 1 aromatic carbocycles. The van der Waals surface area contributed by atoms with E-state index in [0.29, 0.717) is 13.0 Å². The van der Waals surface area contributed by atoms with Gasteiger partial charge in [-0.15, -0.1) is 0 Å². The molecule has 3 rings (SSSR count). The van der Waals surface area contributed by atoms with Gasteiger partial charge in [-0.1, -0.05) is 12.1 Å². The zero-order valence-electron chi connectivity index (χ0n) is 16.0. The summed E-state index contributed by atoms with van der Waals surface area (Å²) in [5.74, 6) is 0.938. The van der Waals surface area contributed by atoms with Crippen molar-refractivity contribution in [2.75, 3.05) is 38.2 Å². The normalized spacial score (nSPS) is 25.9. The van der Waals surface area contributed by atoms with Crippen molar-refractivity contribution in [3.8, 4) is 5.75 Å². The summed E-state index contributed by atoms with van der Waals surface area (Å²) >= 11 is 0. The fraction of sp³-hybridized carbons (Fsp3) is 0.632.